The van der Waals surface area contributed by atoms with Crippen LogP contribution in [0.15, 0.2) is 36.5 Å². The summed E-state index contributed by atoms with van der Waals surface area (Å²) in [6.07, 6.45) is 13.8. The molecule has 0 heterocycles. The molecule has 1 rings (SSSR count). The minimum absolute atomic E-state index is 0.566. The van der Waals surface area contributed by atoms with Crippen molar-refractivity contribution < 1.29 is 0 Å². The van der Waals surface area contributed by atoms with Crippen LogP contribution >= 0.6 is 0 Å². The maximum Gasteiger partial charge on any atom is -0.00542 e. The van der Waals surface area contributed by atoms with Gasteiger partial charge < -0.3 is 0 Å². The lowest BCUT2D eigenvalue weighted by atomic mass is 9.94. The highest BCUT2D eigenvalue weighted by Crippen LogP contribution is 2.20. The summed E-state index contributed by atoms with van der Waals surface area (Å²) in [6.45, 7) is 6.06. The molecule has 0 nitrogen and oxygen atoms in total. The van der Waals surface area contributed by atoms with E-state index in [2.05, 4.69) is 31.7 Å². The molecule has 1 unspecified atom stereocenters. The first kappa shape index (κ1) is 9.31. The van der Waals surface area contributed by atoms with Crippen molar-refractivity contribution in [2.45, 2.75) is 32.6 Å². The lowest BCUT2D eigenvalue weighted by Gasteiger charge is -2.12. The van der Waals surface area contributed by atoms with E-state index in [0.717, 1.165) is 0 Å². The van der Waals surface area contributed by atoms with E-state index in [1.54, 1.807) is 5.57 Å². The topological polar surface area (TPSA) is 0 Å². The Kier molecular flexibility index (Phi) is 3.86. The fourth-order valence-corrected chi connectivity index (χ4v) is 1.52. The normalized spacial score (nSPS) is 27.6. The van der Waals surface area contributed by atoms with Gasteiger partial charge in [-0.3, -0.25) is 0 Å². The molecule has 0 aliphatic heterocycles. The van der Waals surface area contributed by atoms with Crippen LogP contribution in [0, 0.1) is 5.92 Å². The van der Waals surface area contributed by atoms with Gasteiger partial charge in [0.2, 0.25) is 0 Å². The van der Waals surface area contributed by atoms with Crippen LogP contribution in [0.2, 0.25) is 0 Å². The van der Waals surface area contributed by atoms with Crippen LogP contribution in [0.5, 0.6) is 0 Å². The summed E-state index contributed by atoms with van der Waals surface area (Å²) in [4.78, 5) is 0. The molecule has 0 aromatic heterocycles. The van der Waals surface area contributed by atoms with Crippen molar-refractivity contribution in [3.05, 3.63) is 36.5 Å². The van der Waals surface area contributed by atoms with Crippen LogP contribution in [0.4, 0.5) is 0 Å². The van der Waals surface area contributed by atoms with Crippen molar-refractivity contribution in [3.8, 4) is 0 Å². The molecule has 0 amide bonds. The Morgan fingerprint density at radius 1 is 1.33 bits per heavy atom. The lowest BCUT2D eigenvalue weighted by Crippen LogP contribution is -1.96. The van der Waals surface area contributed by atoms with Gasteiger partial charge in [-0.05, 0) is 31.6 Å². The highest BCUT2D eigenvalue weighted by molar-refractivity contribution is 5.13. The molecule has 66 valence electrons. The van der Waals surface area contributed by atoms with Crippen LogP contribution in [-0.2, 0) is 0 Å². The molecule has 0 aromatic carbocycles. The number of hydrogen-bond acceptors (Lipinski definition) is 0. The number of rotatable bonds is 2. The quantitative estimate of drug-likeness (QED) is 0.541. The van der Waals surface area contributed by atoms with E-state index in [1.807, 2.05) is 6.08 Å². The van der Waals surface area contributed by atoms with Crippen molar-refractivity contribution in [2.75, 3.05) is 0 Å². The van der Waals surface area contributed by atoms with E-state index in [-0.39, 0.29) is 0 Å². The largest absolute Gasteiger partial charge is 0.102 e. The zero-order valence-electron chi connectivity index (χ0n) is 7.92. The maximum absolute atomic E-state index is 3.83. The van der Waals surface area contributed by atoms with Gasteiger partial charge in [0.25, 0.3) is 0 Å². The predicted octanol–water partition coefficient (Wildman–Crippen LogP) is 3.87. The van der Waals surface area contributed by atoms with E-state index in [0.29, 0.717) is 5.92 Å². The first-order valence-corrected chi connectivity index (χ1v) is 4.81. The molecule has 0 aromatic rings. The molecule has 0 bridgehead atoms. The Hall–Kier alpha value is -0.780. The van der Waals surface area contributed by atoms with Gasteiger partial charge in [-0.25, -0.2) is 0 Å². The van der Waals surface area contributed by atoms with E-state index in [4.69, 9.17) is 0 Å². The molecule has 0 N–H and O–H groups in total. The average Bonchev–Trinajstić information content (AvgIpc) is 2.02. The Bertz CT molecular complexity index is 196. The van der Waals surface area contributed by atoms with Crippen LogP contribution < -0.4 is 0 Å². The van der Waals surface area contributed by atoms with Crippen molar-refractivity contribution in [2.24, 2.45) is 5.92 Å². The molecular weight excluding hydrogens is 144 g/mol. The Labute approximate surface area is 75.7 Å². The molecule has 0 saturated heterocycles. The van der Waals surface area contributed by atoms with Gasteiger partial charge >= 0.3 is 0 Å². The molecule has 0 radical (unpaired) electrons. The average molecular weight is 162 g/mol. The fourth-order valence-electron chi connectivity index (χ4n) is 1.52. The fraction of sp³-hybridized carbons (Fsp3) is 0.500. The summed E-state index contributed by atoms with van der Waals surface area (Å²) < 4.78 is 0. The van der Waals surface area contributed by atoms with Crippen molar-refractivity contribution in [3.63, 3.8) is 0 Å². The van der Waals surface area contributed by atoms with Gasteiger partial charge in [-0.15, -0.1) is 6.58 Å². The molecular formula is C12H18. The van der Waals surface area contributed by atoms with Gasteiger partial charge in [-0.1, -0.05) is 36.8 Å². The summed E-state index contributed by atoms with van der Waals surface area (Å²) in [7, 11) is 0. The van der Waals surface area contributed by atoms with Gasteiger partial charge in [0.15, 0.2) is 0 Å². The Morgan fingerprint density at radius 2 is 2.08 bits per heavy atom. The van der Waals surface area contributed by atoms with Gasteiger partial charge in [0, 0.05) is 0 Å². The van der Waals surface area contributed by atoms with Crippen molar-refractivity contribution in [1.82, 2.24) is 0 Å². The van der Waals surface area contributed by atoms with Crippen molar-refractivity contribution >= 4 is 0 Å². The van der Waals surface area contributed by atoms with Crippen LogP contribution in [-0.4, -0.2) is 0 Å². The van der Waals surface area contributed by atoms with Gasteiger partial charge in [-0.2, -0.15) is 0 Å². The zero-order valence-corrected chi connectivity index (χ0v) is 7.92. The van der Waals surface area contributed by atoms with Gasteiger partial charge in [0.05, 0.1) is 0 Å². The monoisotopic (exact) mass is 162 g/mol. The van der Waals surface area contributed by atoms with Crippen molar-refractivity contribution in [1.29, 1.82) is 0 Å². The summed E-state index contributed by atoms with van der Waals surface area (Å²) >= 11 is 0. The second-order valence-corrected chi connectivity index (χ2v) is 3.39. The third-order valence-electron chi connectivity index (χ3n) is 2.44. The molecule has 1 atom stereocenters. The zero-order chi connectivity index (χ0) is 8.81. The van der Waals surface area contributed by atoms with E-state index in [1.165, 1.54) is 25.7 Å². The summed E-state index contributed by atoms with van der Waals surface area (Å²) in [6, 6.07) is 0. The van der Waals surface area contributed by atoms with Crippen LogP contribution in [0.3, 0.4) is 0 Å². The Morgan fingerprint density at radius 3 is 2.83 bits per heavy atom. The number of hydrogen-bond donors (Lipinski definition) is 0. The molecule has 1 aliphatic rings. The second kappa shape index (κ2) is 4.97. The highest BCUT2D eigenvalue weighted by Gasteiger charge is 2.04. The molecule has 0 saturated carbocycles. The summed E-state index contributed by atoms with van der Waals surface area (Å²) in [5, 5.41) is 0. The maximum atomic E-state index is 3.83. The number of allylic oxidation sites excluding steroid dienone is 5. The van der Waals surface area contributed by atoms with Gasteiger partial charge in [0.1, 0.15) is 0 Å². The molecule has 12 heavy (non-hydrogen) atoms. The van der Waals surface area contributed by atoms with E-state index < -0.39 is 0 Å². The molecule has 0 heteroatoms. The molecule has 0 fully saturated rings. The minimum atomic E-state index is 0.566. The third-order valence-corrected chi connectivity index (χ3v) is 2.44. The summed E-state index contributed by atoms with van der Waals surface area (Å²) in [5.41, 5.74) is 1.56. The first-order chi connectivity index (χ1) is 5.84. The van der Waals surface area contributed by atoms with Crippen LogP contribution in [0.25, 0.3) is 0 Å². The van der Waals surface area contributed by atoms with Crippen LogP contribution in [0.1, 0.15) is 32.6 Å². The standard InChI is InChI=1S/C12H18/c1-3-11(2)12-9-7-5-4-6-8-10-12/h3-5,10-11H,1,6-9H2,2H3/b5-4-,12-10+. The predicted molar refractivity (Wildman–Crippen MR) is 55.1 cm³/mol. The first-order valence-electron chi connectivity index (χ1n) is 4.81. The minimum Gasteiger partial charge on any atom is -0.102 e. The lowest BCUT2D eigenvalue weighted by molar-refractivity contribution is 0.763. The SMILES string of the molecule is C=CC(C)/C1=C/CC/C=C\CC1. The smallest absolute Gasteiger partial charge is 0.00542 e. The second-order valence-electron chi connectivity index (χ2n) is 3.39. The Balaban J connectivity index is 2.55. The third kappa shape index (κ3) is 2.69. The molecule has 1 aliphatic carbocycles. The van der Waals surface area contributed by atoms with E-state index in [9.17, 15) is 0 Å². The van der Waals surface area contributed by atoms with E-state index >= 15 is 0 Å². The molecule has 0 spiro atoms. The summed E-state index contributed by atoms with van der Waals surface area (Å²) in [5.74, 6) is 0.566. The highest BCUT2D eigenvalue weighted by atomic mass is 14.1.